The van der Waals surface area contributed by atoms with Crippen molar-refractivity contribution in [3.8, 4) is 5.75 Å². The number of halogens is 2. The molecule has 3 aromatic carbocycles. The number of hydrogen-bond acceptors (Lipinski definition) is 4. The first-order valence-electron chi connectivity index (χ1n) is 9.75. The van der Waals surface area contributed by atoms with E-state index in [-0.39, 0.29) is 13.0 Å². The number of carbonyl (C=O) groups is 2. The second-order valence-electron chi connectivity index (χ2n) is 6.95. The van der Waals surface area contributed by atoms with Crippen LogP contribution in [0.2, 0.25) is 5.02 Å². The minimum Gasteiger partial charge on any atom is -0.488 e. The highest BCUT2D eigenvalue weighted by atomic mass is 79.9. The number of nitrogens with one attached hydrogen (secondary N) is 2. The zero-order valence-electron chi connectivity index (χ0n) is 17.3. The van der Waals surface area contributed by atoms with Gasteiger partial charge in [-0.15, -0.1) is 0 Å². The number of anilines is 1. The summed E-state index contributed by atoms with van der Waals surface area (Å²) in [6.07, 6.45) is 1.11. The average molecular weight is 515 g/mol. The van der Waals surface area contributed by atoms with E-state index >= 15 is 0 Å². The number of hydrogen-bond donors (Lipinski definition) is 2. The van der Waals surface area contributed by atoms with Gasteiger partial charge in [0.15, 0.2) is 0 Å². The van der Waals surface area contributed by atoms with Crippen molar-refractivity contribution in [1.82, 2.24) is 5.43 Å². The van der Waals surface area contributed by atoms with Gasteiger partial charge in [0, 0.05) is 26.3 Å². The fraction of sp³-hybridized carbons (Fsp3) is 0.125. The van der Waals surface area contributed by atoms with Crippen LogP contribution in [0.5, 0.6) is 5.75 Å². The molecule has 2 N–H and O–H groups in total. The molecule has 0 fully saturated rings. The summed E-state index contributed by atoms with van der Waals surface area (Å²) in [4.78, 5) is 24.1. The highest BCUT2D eigenvalue weighted by molar-refractivity contribution is 9.10. The van der Waals surface area contributed by atoms with Crippen molar-refractivity contribution in [3.63, 3.8) is 0 Å². The number of aryl methyl sites for hydroxylation is 1. The second kappa shape index (κ2) is 11.5. The lowest BCUT2D eigenvalue weighted by molar-refractivity contribution is -0.126. The van der Waals surface area contributed by atoms with Crippen molar-refractivity contribution in [3.05, 3.63) is 92.9 Å². The van der Waals surface area contributed by atoms with Gasteiger partial charge in [0.05, 0.1) is 6.21 Å². The number of hydrazone groups is 1. The maximum Gasteiger partial charge on any atom is 0.249 e. The predicted molar refractivity (Wildman–Crippen MR) is 130 cm³/mol. The summed E-state index contributed by atoms with van der Waals surface area (Å²) >= 11 is 9.59. The molecule has 0 saturated heterocycles. The van der Waals surface area contributed by atoms with Crippen LogP contribution < -0.4 is 15.5 Å². The van der Waals surface area contributed by atoms with E-state index in [2.05, 4.69) is 31.8 Å². The van der Waals surface area contributed by atoms with E-state index in [0.717, 1.165) is 15.6 Å². The van der Waals surface area contributed by atoms with Crippen LogP contribution in [0.3, 0.4) is 0 Å². The molecule has 0 aliphatic rings. The van der Waals surface area contributed by atoms with E-state index in [0.29, 0.717) is 22.0 Å². The molecule has 3 rings (SSSR count). The van der Waals surface area contributed by atoms with Gasteiger partial charge in [-0.05, 0) is 43.3 Å². The molecule has 2 amide bonds. The van der Waals surface area contributed by atoms with Gasteiger partial charge in [0.2, 0.25) is 11.8 Å². The molecule has 0 aliphatic heterocycles. The molecule has 0 aromatic heterocycles. The summed E-state index contributed by atoms with van der Waals surface area (Å²) < 4.78 is 6.71. The maximum atomic E-state index is 12.0. The van der Waals surface area contributed by atoms with Gasteiger partial charge in [-0.3, -0.25) is 9.59 Å². The van der Waals surface area contributed by atoms with E-state index < -0.39 is 11.8 Å². The Bertz CT molecular complexity index is 1130. The van der Waals surface area contributed by atoms with Gasteiger partial charge in [0.25, 0.3) is 0 Å². The molecule has 0 heterocycles. The van der Waals surface area contributed by atoms with Crippen molar-refractivity contribution in [2.24, 2.45) is 5.10 Å². The van der Waals surface area contributed by atoms with Crippen LogP contribution >= 0.6 is 27.5 Å². The molecule has 0 atom stereocenters. The molecule has 0 aliphatic carbocycles. The molecule has 0 bridgehead atoms. The van der Waals surface area contributed by atoms with Gasteiger partial charge in [-0.25, -0.2) is 5.43 Å². The Balaban J connectivity index is 1.56. The first-order chi connectivity index (χ1) is 15.4. The van der Waals surface area contributed by atoms with Crippen LogP contribution in [0.1, 0.15) is 23.1 Å². The van der Waals surface area contributed by atoms with Crippen molar-refractivity contribution in [1.29, 1.82) is 0 Å². The highest BCUT2D eigenvalue weighted by Crippen LogP contribution is 2.24. The topological polar surface area (TPSA) is 79.8 Å². The van der Waals surface area contributed by atoms with Gasteiger partial charge in [-0.2, -0.15) is 5.10 Å². The van der Waals surface area contributed by atoms with Crippen LogP contribution in [0.4, 0.5) is 5.69 Å². The Hall–Kier alpha value is -3.16. The quantitative estimate of drug-likeness (QED) is 0.238. The summed E-state index contributed by atoms with van der Waals surface area (Å²) in [5.41, 5.74) is 5.58. The monoisotopic (exact) mass is 513 g/mol. The molecule has 0 saturated carbocycles. The first-order valence-corrected chi connectivity index (χ1v) is 10.9. The number of nitrogens with zero attached hydrogens (tertiary/aromatic N) is 1. The summed E-state index contributed by atoms with van der Waals surface area (Å²) in [5.74, 6) is -0.379. The molecule has 6 nitrogen and oxygen atoms in total. The number of amides is 2. The third-order valence-electron chi connectivity index (χ3n) is 4.36. The van der Waals surface area contributed by atoms with Crippen LogP contribution in [0.15, 0.2) is 76.3 Å². The molecule has 32 heavy (non-hydrogen) atoms. The van der Waals surface area contributed by atoms with Crippen LogP contribution in [0, 0.1) is 6.92 Å². The number of carbonyl (C=O) groups excluding carboxylic acids is 2. The molecular weight excluding hydrogens is 494 g/mol. The summed E-state index contributed by atoms with van der Waals surface area (Å²) in [6, 6.07) is 20.2. The SMILES string of the molecule is Cc1ccc(NC(=O)CC(=O)NN=Cc2cc(Br)ccc2OCc2ccccc2Cl)cc1. The van der Waals surface area contributed by atoms with E-state index in [1.54, 1.807) is 24.3 Å². The number of rotatable bonds is 8. The molecule has 3 aromatic rings. The molecular formula is C24H21BrClN3O3. The Kier molecular flexibility index (Phi) is 8.41. The standard InChI is InChI=1S/C24H21BrClN3O3/c1-16-6-9-20(10-7-16)28-23(30)13-24(31)29-27-14-18-12-19(25)8-11-22(18)32-15-17-4-2-3-5-21(17)26/h2-12,14H,13,15H2,1H3,(H,28,30)(H,29,31). The molecule has 164 valence electrons. The fourth-order valence-corrected chi connectivity index (χ4v) is 3.29. The maximum absolute atomic E-state index is 12.0. The zero-order valence-corrected chi connectivity index (χ0v) is 19.6. The average Bonchev–Trinajstić information content (AvgIpc) is 2.76. The predicted octanol–water partition coefficient (Wildman–Crippen LogP) is 5.47. The van der Waals surface area contributed by atoms with Crippen LogP contribution in [0.25, 0.3) is 0 Å². The normalized spacial score (nSPS) is 10.7. The Morgan fingerprint density at radius 2 is 1.81 bits per heavy atom. The van der Waals surface area contributed by atoms with Gasteiger partial charge < -0.3 is 10.1 Å². The fourth-order valence-electron chi connectivity index (χ4n) is 2.72. The molecule has 8 heteroatoms. The van der Waals surface area contributed by atoms with Crippen molar-refractivity contribution >= 4 is 51.2 Å². The van der Waals surface area contributed by atoms with Gasteiger partial charge in [-0.1, -0.05) is 63.4 Å². The Morgan fingerprint density at radius 3 is 2.56 bits per heavy atom. The largest absolute Gasteiger partial charge is 0.488 e. The van der Waals surface area contributed by atoms with Crippen LogP contribution in [-0.2, 0) is 16.2 Å². The first kappa shape index (κ1) is 23.5. The summed E-state index contributed by atoms with van der Waals surface area (Å²) in [6.45, 7) is 2.24. The summed E-state index contributed by atoms with van der Waals surface area (Å²) in [7, 11) is 0. The zero-order chi connectivity index (χ0) is 22.9. The Morgan fingerprint density at radius 1 is 1.06 bits per heavy atom. The highest BCUT2D eigenvalue weighted by Gasteiger charge is 2.10. The van der Waals surface area contributed by atoms with Crippen molar-refractivity contribution < 1.29 is 14.3 Å². The van der Waals surface area contributed by atoms with Gasteiger partial charge >= 0.3 is 0 Å². The Labute approximate surface area is 199 Å². The molecule has 0 radical (unpaired) electrons. The smallest absolute Gasteiger partial charge is 0.249 e. The minimum absolute atomic E-state index is 0.285. The second-order valence-corrected chi connectivity index (χ2v) is 8.27. The van der Waals surface area contributed by atoms with E-state index in [1.807, 2.05) is 49.4 Å². The van der Waals surface area contributed by atoms with E-state index in [4.69, 9.17) is 16.3 Å². The molecule has 0 unspecified atom stereocenters. The van der Waals surface area contributed by atoms with Crippen molar-refractivity contribution in [2.75, 3.05) is 5.32 Å². The summed E-state index contributed by atoms with van der Waals surface area (Å²) in [5, 5.41) is 7.25. The molecule has 0 spiro atoms. The van der Waals surface area contributed by atoms with E-state index in [9.17, 15) is 9.59 Å². The lowest BCUT2D eigenvalue weighted by Gasteiger charge is -2.10. The number of benzene rings is 3. The third-order valence-corrected chi connectivity index (χ3v) is 5.22. The van der Waals surface area contributed by atoms with Crippen LogP contribution in [-0.4, -0.2) is 18.0 Å². The van der Waals surface area contributed by atoms with Crippen molar-refractivity contribution in [2.45, 2.75) is 20.0 Å². The third kappa shape index (κ3) is 7.21. The van der Waals surface area contributed by atoms with Gasteiger partial charge in [0.1, 0.15) is 18.8 Å². The lowest BCUT2D eigenvalue weighted by atomic mass is 10.2. The van der Waals surface area contributed by atoms with E-state index in [1.165, 1.54) is 6.21 Å². The number of ether oxygens (including phenoxy) is 1. The minimum atomic E-state index is -0.528. The lowest BCUT2D eigenvalue weighted by Crippen LogP contribution is -2.24.